The Balaban J connectivity index is 1.57. The van der Waals surface area contributed by atoms with Crippen LogP contribution >= 0.6 is 0 Å². The molecule has 0 amide bonds. The lowest BCUT2D eigenvalue weighted by Crippen LogP contribution is -2.66. The first-order valence-electron chi connectivity index (χ1n) is 13.7. The van der Waals surface area contributed by atoms with Crippen LogP contribution in [-0.2, 0) is 9.59 Å². The molecule has 0 aromatic heterocycles. The normalized spacial score (nSPS) is 52.8. The lowest BCUT2D eigenvalue weighted by Gasteiger charge is -2.72. The molecule has 5 aliphatic carbocycles. The standard InChI is InChI=1S/C30H46O3/c1-18(2)19-10-15-30(25(32)33)17-16-28(6)20(24(19)30)8-9-22-27(5)13-12-23(31)26(3,4)21(27)11-14-29(22,28)7/h19-22,24H,1,8-17H2,2-7H3,(H,32,33)/t19-,20?,21?,22+,24+,27-,28+,29+,30-/m0/s1. The molecule has 3 heteroatoms. The van der Waals surface area contributed by atoms with Crippen LogP contribution in [0.1, 0.15) is 106 Å². The van der Waals surface area contributed by atoms with Crippen molar-refractivity contribution in [2.24, 2.45) is 56.7 Å². The van der Waals surface area contributed by atoms with Crippen molar-refractivity contribution in [1.29, 1.82) is 0 Å². The maximum absolute atomic E-state index is 12.9. The summed E-state index contributed by atoms with van der Waals surface area (Å²) < 4.78 is 0. The molecular weight excluding hydrogens is 408 g/mol. The Hall–Kier alpha value is -1.12. The highest BCUT2D eigenvalue weighted by Crippen LogP contribution is 2.77. The molecule has 0 saturated heterocycles. The Kier molecular flexibility index (Phi) is 4.99. The van der Waals surface area contributed by atoms with Gasteiger partial charge in [-0.05, 0) is 111 Å². The van der Waals surface area contributed by atoms with Gasteiger partial charge in [0.1, 0.15) is 5.78 Å². The van der Waals surface area contributed by atoms with Gasteiger partial charge in [-0.1, -0.05) is 46.8 Å². The van der Waals surface area contributed by atoms with Gasteiger partial charge in [0.2, 0.25) is 0 Å². The summed E-state index contributed by atoms with van der Waals surface area (Å²) in [4.78, 5) is 25.7. The molecule has 0 aliphatic heterocycles. The van der Waals surface area contributed by atoms with Crippen molar-refractivity contribution < 1.29 is 14.7 Å². The first-order valence-corrected chi connectivity index (χ1v) is 13.7. The second-order valence-corrected chi connectivity index (χ2v) is 14.3. The maximum atomic E-state index is 12.9. The number of carboxylic acid groups (broad SMARTS) is 1. The molecule has 1 N–H and O–H groups in total. The van der Waals surface area contributed by atoms with Gasteiger partial charge < -0.3 is 5.11 Å². The van der Waals surface area contributed by atoms with Crippen LogP contribution in [0.5, 0.6) is 0 Å². The van der Waals surface area contributed by atoms with Gasteiger partial charge in [-0.25, -0.2) is 0 Å². The molecule has 0 aromatic rings. The minimum absolute atomic E-state index is 0.164. The van der Waals surface area contributed by atoms with Crippen LogP contribution in [-0.4, -0.2) is 16.9 Å². The number of carbonyl (C=O) groups excluding carboxylic acids is 1. The van der Waals surface area contributed by atoms with Gasteiger partial charge in [0.15, 0.2) is 0 Å². The zero-order valence-corrected chi connectivity index (χ0v) is 21.9. The Morgan fingerprint density at radius 1 is 0.879 bits per heavy atom. The van der Waals surface area contributed by atoms with Crippen molar-refractivity contribution in [1.82, 2.24) is 0 Å². The Bertz CT molecular complexity index is 902. The SMILES string of the molecule is C=C(C)[C@@H]1CC[C@]2(C(=O)O)CC[C@]3(C)C(CC[C@@H]4[C@@]5(C)CCC(=O)C(C)(C)C5CC[C@]43C)[C@@H]12. The average molecular weight is 455 g/mol. The third-order valence-electron chi connectivity index (χ3n) is 13.2. The van der Waals surface area contributed by atoms with Gasteiger partial charge in [-0.3, -0.25) is 9.59 Å². The van der Waals surface area contributed by atoms with Gasteiger partial charge in [0, 0.05) is 11.8 Å². The van der Waals surface area contributed by atoms with Crippen LogP contribution in [0.2, 0.25) is 0 Å². The van der Waals surface area contributed by atoms with E-state index in [1.165, 1.54) is 18.4 Å². The lowest BCUT2D eigenvalue weighted by molar-refractivity contribution is -0.235. The molecule has 3 nitrogen and oxygen atoms in total. The maximum Gasteiger partial charge on any atom is 0.309 e. The van der Waals surface area contributed by atoms with Crippen molar-refractivity contribution in [2.75, 3.05) is 0 Å². The number of rotatable bonds is 2. The van der Waals surface area contributed by atoms with E-state index in [1.807, 2.05) is 0 Å². The monoisotopic (exact) mass is 454 g/mol. The molecule has 0 spiro atoms. The van der Waals surface area contributed by atoms with Crippen molar-refractivity contribution in [3.05, 3.63) is 12.2 Å². The second kappa shape index (κ2) is 6.97. The topological polar surface area (TPSA) is 54.4 Å². The van der Waals surface area contributed by atoms with E-state index in [0.717, 1.165) is 51.4 Å². The molecule has 0 heterocycles. The number of carbonyl (C=O) groups is 2. The highest BCUT2D eigenvalue weighted by Gasteiger charge is 2.72. The van der Waals surface area contributed by atoms with Crippen LogP contribution in [0.15, 0.2) is 12.2 Å². The third-order valence-corrected chi connectivity index (χ3v) is 13.2. The average Bonchev–Trinajstić information content (AvgIpc) is 3.13. The summed E-state index contributed by atoms with van der Waals surface area (Å²) in [5.41, 5.74) is 1.03. The van der Waals surface area contributed by atoms with E-state index in [4.69, 9.17) is 0 Å². The lowest BCUT2D eigenvalue weighted by atomic mass is 9.32. The molecule has 2 unspecified atom stereocenters. The second-order valence-electron chi connectivity index (χ2n) is 14.3. The predicted molar refractivity (Wildman–Crippen MR) is 132 cm³/mol. The van der Waals surface area contributed by atoms with Crippen LogP contribution in [0.25, 0.3) is 0 Å². The van der Waals surface area contributed by atoms with Gasteiger partial charge in [-0.15, -0.1) is 0 Å². The quantitative estimate of drug-likeness (QED) is 0.445. The number of hydrogen-bond acceptors (Lipinski definition) is 2. The zero-order chi connectivity index (χ0) is 24.2. The fraction of sp³-hybridized carbons (Fsp3) is 0.867. The summed E-state index contributed by atoms with van der Waals surface area (Å²) in [5.74, 6) is 2.07. The van der Waals surface area contributed by atoms with E-state index in [-0.39, 0.29) is 27.6 Å². The molecule has 5 fully saturated rings. The van der Waals surface area contributed by atoms with E-state index < -0.39 is 11.4 Å². The number of fused-ring (bicyclic) bond motifs is 7. The number of allylic oxidation sites excluding steroid dienone is 1. The summed E-state index contributed by atoms with van der Waals surface area (Å²) in [6.07, 6.45) is 10.1. The summed E-state index contributed by atoms with van der Waals surface area (Å²) >= 11 is 0. The van der Waals surface area contributed by atoms with E-state index >= 15 is 0 Å². The molecular formula is C30H46O3. The summed E-state index contributed by atoms with van der Waals surface area (Å²) in [6, 6.07) is 0. The van der Waals surface area contributed by atoms with Crippen LogP contribution in [0, 0.1) is 56.7 Å². The van der Waals surface area contributed by atoms with E-state index in [0.29, 0.717) is 29.5 Å². The minimum Gasteiger partial charge on any atom is -0.481 e. The summed E-state index contributed by atoms with van der Waals surface area (Å²) in [6.45, 7) is 18.5. The highest BCUT2D eigenvalue weighted by atomic mass is 16.4. The number of ketones is 1. The largest absolute Gasteiger partial charge is 0.481 e. The van der Waals surface area contributed by atoms with Gasteiger partial charge >= 0.3 is 5.97 Å². The summed E-state index contributed by atoms with van der Waals surface area (Å²) in [7, 11) is 0. The molecule has 5 aliphatic rings. The fourth-order valence-electron chi connectivity index (χ4n) is 11.3. The predicted octanol–water partition coefficient (Wildman–Crippen LogP) is 7.30. The van der Waals surface area contributed by atoms with Crippen molar-refractivity contribution in [3.63, 3.8) is 0 Å². The molecule has 0 aromatic carbocycles. The zero-order valence-electron chi connectivity index (χ0n) is 21.9. The first-order chi connectivity index (χ1) is 15.3. The molecule has 33 heavy (non-hydrogen) atoms. The fourth-order valence-corrected chi connectivity index (χ4v) is 11.3. The number of Topliss-reactive ketones (excluding diaryl/α,β-unsaturated/α-hetero) is 1. The van der Waals surface area contributed by atoms with E-state index in [2.05, 4.69) is 48.1 Å². The minimum atomic E-state index is -0.547. The first kappa shape index (κ1) is 23.6. The molecule has 5 saturated carbocycles. The molecule has 184 valence electrons. The number of carboxylic acids is 1. The van der Waals surface area contributed by atoms with Crippen LogP contribution < -0.4 is 0 Å². The molecule has 9 atom stereocenters. The molecule has 0 radical (unpaired) electrons. The molecule has 0 bridgehead atoms. The van der Waals surface area contributed by atoms with Crippen molar-refractivity contribution >= 4 is 11.8 Å². The Morgan fingerprint density at radius 2 is 1.58 bits per heavy atom. The number of aliphatic carboxylic acids is 1. The highest BCUT2D eigenvalue weighted by molar-refractivity contribution is 5.85. The van der Waals surface area contributed by atoms with Gasteiger partial charge in [0.05, 0.1) is 5.41 Å². The smallest absolute Gasteiger partial charge is 0.309 e. The summed E-state index contributed by atoms with van der Waals surface area (Å²) in [5, 5.41) is 10.5. The third kappa shape index (κ3) is 2.69. The van der Waals surface area contributed by atoms with Crippen LogP contribution in [0.4, 0.5) is 0 Å². The van der Waals surface area contributed by atoms with Crippen molar-refractivity contribution in [3.8, 4) is 0 Å². The Morgan fingerprint density at radius 3 is 2.21 bits per heavy atom. The molecule has 5 rings (SSSR count). The van der Waals surface area contributed by atoms with Crippen molar-refractivity contribution in [2.45, 2.75) is 106 Å². The van der Waals surface area contributed by atoms with Gasteiger partial charge in [-0.2, -0.15) is 0 Å². The van der Waals surface area contributed by atoms with E-state index in [1.54, 1.807) is 0 Å². The van der Waals surface area contributed by atoms with Gasteiger partial charge in [0.25, 0.3) is 0 Å². The van der Waals surface area contributed by atoms with Crippen LogP contribution in [0.3, 0.4) is 0 Å². The Labute approximate surface area is 201 Å². The number of hydrogen-bond donors (Lipinski definition) is 1. The van der Waals surface area contributed by atoms with E-state index in [9.17, 15) is 14.7 Å².